The standard InChI is InChI=1S/C10H15NOS/c1-2-10(12-5-1)8-11-9-3-6-13-7-4-9/h1-2,5,9,11H,3-4,6-8H2. The van der Waals surface area contributed by atoms with Crippen LogP contribution in [0.1, 0.15) is 18.6 Å². The Bertz CT molecular complexity index is 229. The van der Waals surface area contributed by atoms with Gasteiger partial charge in [-0.1, -0.05) is 0 Å². The number of hydrogen-bond donors (Lipinski definition) is 1. The summed E-state index contributed by atoms with van der Waals surface area (Å²) >= 11 is 2.06. The zero-order valence-corrected chi connectivity index (χ0v) is 8.48. The smallest absolute Gasteiger partial charge is 0.117 e. The molecule has 1 N–H and O–H groups in total. The third kappa shape index (κ3) is 2.78. The summed E-state index contributed by atoms with van der Waals surface area (Å²) in [6, 6.07) is 4.66. The maximum absolute atomic E-state index is 5.26. The highest BCUT2D eigenvalue weighted by molar-refractivity contribution is 7.99. The van der Waals surface area contributed by atoms with Crippen LogP contribution in [0, 0.1) is 0 Å². The molecule has 0 bridgehead atoms. The Balaban J connectivity index is 1.72. The molecule has 0 unspecified atom stereocenters. The highest BCUT2D eigenvalue weighted by atomic mass is 32.2. The van der Waals surface area contributed by atoms with Crippen molar-refractivity contribution in [2.45, 2.75) is 25.4 Å². The topological polar surface area (TPSA) is 25.2 Å². The molecule has 0 saturated carbocycles. The summed E-state index contributed by atoms with van der Waals surface area (Å²) in [6.45, 7) is 0.877. The van der Waals surface area contributed by atoms with E-state index in [4.69, 9.17) is 4.42 Å². The van der Waals surface area contributed by atoms with Crippen molar-refractivity contribution in [3.8, 4) is 0 Å². The summed E-state index contributed by atoms with van der Waals surface area (Å²) in [6.07, 6.45) is 4.32. The molecule has 2 heterocycles. The average Bonchev–Trinajstić information content (AvgIpc) is 2.69. The quantitative estimate of drug-likeness (QED) is 0.804. The van der Waals surface area contributed by atoms with Crippen molar-refractivity contribution < 1.29 is 4.42 Å². The number of rotatable bonds is 3. The highest BCUT2D eigenvalue weighted by Crippen LogP contribution is 2.17. The summed E-state index contributed by atoms with van der Waals surface area (Å²) < 4.78 is 5.26. The van der Waals surface area contributed by atoms with Crippen LogP contribution in [0.3, 0.4) is 0 Å². The van der Waals surface area contributed by atoms with Crippen molar-refractivity contribution >= 4 is 11.8 Å². The van der Waals surface area contributed by atoms with Crippen LogP contribution in [0.25, 0.3) is 0 Å². The van der Waals surface area contributed by atoms with Crippen LogP contribution >= 0.6 is 11.8 Å². The molecule has 0 spiro atoms. The van der Waals surface area contributed by atoms with Gasteiger partial charge in [0.25, 0.3) is 0 Å². The van der Waals surface area contributed by atoms with Crippen LogP contribution in [0.2, 0.25) is 0 Å². The van der Waals surface area contributed by atoms with E-state index in [2.05, 4.69) is 17.1 Å². The Morgan fingerprint density at radius 1 is 1.46 bits per heavy atom. The third-order valence-corrected chi connectivity index (χ3v) is 3.42. The van der Waals surface area contributed by atoms with E-state index < -0.39 is 0 Å². The first-order valence-electron chi connectivity index (χ1n) is 4.78. The molecule has 1 aliphatic rings. The maximum Gasteiger partial charge on any atom is 0.117 e. The van der Waals surface area contributed by atoms with Gasteiger partial charge in [0.1, 0.15) is 5.76 Å². The molecular formula is C10H15NOS. The van der Waals surface area contributed by atoms with Crippen LogP contribution in [0.4, 0.5) is 0 Å². The molecule has 1 aliphatic heterocycles. The van der Waals surface area contributed by atoms with Gasteiger partial charge in [0.15, 0.2) is 0 Å². The van der Waals surface area contributed by atoms with Crippen molar-refractivity contribution in [3.05, 3.63) is 24.2 Å². The Morgan fingerprint density at radius 2 is 2.31 bits per heavy atom. The maximum atomic E-state index is 5.26. The van der Waals surface area contributed by atoms with Crippen LogP contribution < -0.4 is 5.32 Å². The van der Waals surface area contributed by atoms with Crippen LogP contribution in [0.15, 0.2) is 22.8 Å². The van der Waals surface area contributed by atoms with E-state index >= 15 is 0 Å². The van der Waals surface area contributed by atoms with Crippen LogP contribution in [-0.2, 0) is 6.54 Å². The predicted octanol–water partition coefficient (Wildman–Crippen LogP) is 2.26. The molecule has 13 heavy (non-hydrogen) atoms. The fraction of sp³-hybridized carbons (Fsp3) is 0.600. The second-order valence-corrected chi connectivity index (χ2v) is 4.57. The molecule has 1 fully saturated rings. The summed E-state index contributed by atoms with van der Waals surface area (Å²) in [5, 5.41) is 3.52. The van der Waals surface area contributed by atoms with Crippen molar-refractivity contribution in [2.75, 3.05) is 11.5 Å². The number of nitrogens with one attached hydrogen (secondary N) is 1. The van der Waals surface area contributed by atoms with Gasteiger partial charge in [0.2, 0.25) is 0 Å². The first-order valence-corrected chi connectivity index (χ1v) is 5.94. The Hall–Kier alpha value is -0.410. The second kappa shape index (κ2) is 4.72. The van der Waals surface area contributed by atoms with E-state index in [1.165, 1.54) is 24.3 Å². The highest BCUT2D eigenvalue weighted by Gasteiger charge is 2.12. The summed E-state index contributed by atoms with van der Waals surface area (Å²) in [5.41, 5.74) is 0. The molecule has 0 aromatic carbocycles. The molecule has 2 nitrogen and oxygen atoms in total. The molecule has 2 rings (SSSR count). The zero-order chi connectivity index (χ0) is 8.93. The van der Waals surface area contributed by atoms with Crippen molar-refractivity contribution in [1.82, 2.24) is 5.32 Å². The molecule has 1 aromatic rings. The monoisotopic (exact) mass is 197 g/mol. The summed E-state index contributed by atoms with van der Waals surface area (Å²) in [7, 11) is 0. The van der Waals surface area contributed by atoms with Gasteiger partial charge in [0, 0.05) is 6.04 Å². The predicted molar refractivity (Wildman–Crippen MR) is 55.9 cm³/mol. The normalized spacial score (nSPS) is 19.1. The first-order chi connectivity index (χ1) is 6.45. The van der Waals surface area contributed by atoms with Crippen molar-refractivity contribution in [1.29, 1.82) is 0 Å². The van der Waals surface area contributed by atoms with E-state index in [-0.39, 0.29) is 0 Å². The molecule has 0 aliphatic carbocycles. The lowest BCUT2D eigenvalue weighted by molar-refractivity contribution is 0.428. The van der Waals surface area contributed by atoms with Gasteiger partial charge in [-0.3, -0.25) is 0 Å². The van der Waals surface area contributed by atoms with Gasteiger partial charge >= 0.3 is 0 Å². The second-order valence-electron chi connectivity index (χ2n) is 3.35. The largest absolute Gasteiger partial charge is 0.468 e. The summed E-state index contributed by atoms with van der Waals surface area (Å²) in [4.78, 5) is 0. The fourth-order valence-electron chi connectivity index (χ4n) is 1.56. The van der Waals surface area contributed by atoms with Gasteiger partial charge in [-0.2, -0.15) is 11.8 Å². The van der Waals surface area contributed by atoms with E-state index in [1.807, 2.05) is 12.1 Å². The van der Waals surface area contributed by atoms with Gasteiger partial charge in [-0.25, -0.2) is 0 Å². The van der Waals surface area contributed by atoms with E-state index in [0.29, 0.717) is 6.04 Å². The van der Waals surface area contributed by atoms with E-state index in [1.54, 1.807) is 6.26 Å². The SMILES string of the molecule is c1coc(CNC2CCSCC2)c1. The van der Waals surface area contributed by atoms with E-state index in [9.17, 15) is 0 Å². The minimum Gasteiger partial charge on any atom is -0.468 e. The molecule has 0 atom stereocenters. The van der Waals surface area contributed by atoms with Crippen molar-refractivity contribution in [3.63, 3.8) is 0 Å². The zero-order valence-electron chi connectivity index (χ0n) is 7.66. The van der Waals surface area contributed by atoms with Crippen LogP contribution in [0.5, 0.6) is 0 Å². The number of hydrogen-bond acceptors (Lipinski definition) is 3. The molecule has 0 radical (unpaired) electrons. The lowest BCUT2D eigenvalue weighted by Crippen LogP contribution is -2.31. The van der Waals surface area contributed by atoms with Crippen molar-refractivity contribution in [2.24, 2.45) is 0 Å². The van der Waals surface area contributed by atoms with Gasteiger partial charge in [-0.05, 0) is 36.5 Å². The minimum atomic E-state index is 0.700. The minimum absolute atomic E-state index is 0.700. The third-order valence-electron chi connectivity index (χ3n) is 2.37. The molecule has 3 heteroatoms. The molecule has 1 aromatic heterocycles. The summed E-state index contributed by atoms with van der Waals surface area (Å²) in [5.74, 6) is 3.64. The van der Waals surface area contributed by atoms with Gasteiger partial charge in [-0.15, -0.1) is 0 Å². The Labute approximate surface area is 83.1 Å². The number of thioether (sulfide) groups is 1. The van der Waals surface area contributed by atoms with E-state index in [0.717, 1.165) is 12.3 Å². The molecular weight excluding hydrogens is 182 g/mol. The van der Waals surface area contributed by atoms with Gasteiger partial charge in [0.05, 0.1) is 12.8 Å². The van der Waals surface area contributed by atoms with Crippen LogP contribution in [-0.4, -0.2) is 17.5 Å². The first kappa shape index (κ1) is 9.16. The average molecular weight is 197 g/mol. The van der Waals surface area contributed by atoms with Gasteiger partial charge < -0.3 is 9.73 Å². The Kier molecular flexibility index (Phi) is 3.33. The number of furan rings is 1. The fourth-order valence-corrected chi connectivity index (χ4v) is 2.67. The molecule has 0 amide bonds. The molecule has 72 valence electrons. The Morgan fingerprint density at radius 3 is 3.00 bits per heavy atom. The lowest BCUT2D eigenvalue weighted by atomic mass is 10.1. The molecule has 1 saturated heterocycles. The lowest BCUT2D eigenvalue weighted by Gasteiger charge is -2.21.